The van der Waals surface area contributed by atoms with E-state index in [1.807, 2.05) is 0 Å². The zero-order valence-electron chi connectivity index (χ0n) is 5.24. The van der Waals surface area contributed by atoms with Gasteiger partial charge in [-0.2, -0.15) is 0 Å². The van der Waals surface area contributed by atoms with Crippen molar-refractivity contribution in [3.8, 4) is 0 Å². The van der Waals surface area contributed by atoms with E-state index in [1.165, 1.54) is 19.3 Å². The van der Waals surface area contributed by atoms with Gasteiger partial charge in [-0.15, -0.1) is 5.09 Å². The molecule has 0 radical (unpaired) electrons. The minimum absolute atomic E-state index is 0.502. The predicted octanol–water partition coefficient (Wildman–Crippen LogP) is 1.82. The summed E-state index contributed by atoms with van der Waals surface area (Å²) >= 11 is 4.72. The van der Waals surface area contributed by atoms with E-state index in [1.54, 1.807) is 0 Å². The predicted molar refractivity (Wildman–Crippen MR) is 43.2 cm³/mol. The van der Waals surface area contributed by atoms with Crippen molar-refractivity contribution in [2.24, 2.45) is 0 Å². The molecule has 0 aliphatic carbocycles. The Morgan fingerprint density at radius 2 is 2.25 bits per heavy atom. The van der Waals surface area contributed by atoms with Gasteiger partial charge in [0.2, 0.25) is 7.51 Å². The molecule has 0 amide bonds. The molecule has 0 aromatic carbocycles. The third-order valence-electron chi connectivity index (χ3n) is 0.977. The SMILES string of the molecule is CCCCCN[PH+]=S. The van der Waals surface area contributed by atoms with Crippen LogP contribution >= 0.6 is 7.51 Å². The molecule has 0 spiro atoms. The van der Waals surface area contributed by atoms with E-state index in [4.69, 9.17) is 11.8 Å². The quantitative estimate of drug-likeness (QED) is 0.474. The molecular weight excluding hydrogens is 137 g/mol. The third-order valence-corrected chi connectivity index (χ3v) is 1.80. The molecule has 3 heteroatoms. The molecule has 0 rings (SSSR count). The van der Waals surface area contributed by atoms with Crippen LogP contribution < -0.4 is 5.09 Å². The number of hydrogen-bond acceptors (Lipinski definition) is 1. The van der Waals surface area contributed by atoms with E-state index in [0.29, 0.717) is 7.51 Å². The van der Waals surface area contributed by atoms with Gasteiger partial charge in [0.05, 0.1) is 0 Å². The van der Waals surface area contributed by atoms with Gasteiger partial charge in [0.15, 0.2) is 11.8 Å². The summed E-state index contributed by atoms with van der Waals surface area (Å²) in [6.07, 6.45) is 3.90. The summed E-state index contributed by atoms with van der Waals surface area (Å²) in [6.45, 7) is 3.31. The normalized spacial score (nSPS) is 10.1. The molecule has 0 saturated carbocycles. The van der Waals surface area contributed by atoms with Crippen LogP contribution in [0.3, 0.4) is 0 Å². The highest BCUT2D eigenvalue weighted by Crippen LogP contribution is 1.92. The summed E-state index contributed by atoms with van der Waals surface area (Å²) in [5.41, 5.74) is 0. The van der Waals surface area contributed by atoms with Gasteiger partial charge in [0.25, 0.3) is 0 Å². The second-order valence-corrected chi connectivity index (χ2v) is 2.91. The fraction of sp³-hybridized carbons (Fsp3) is 1.00. The Balaban J connectivity index is 2.62. The van der Waals surface area contributed by atoms with Crippen LogP contribution in [0.15, 0.2) is 0 Å². The Hall–Kier alpha value is 0.480. The van der Waals surface area contributed by atoms with Crippen LogP contribution in [0.1, 0.15) is 26.2 Å². The van der Waals surface area contributed by atoms with Crippen LogP contribution in [0, 0.1) is 0 Å². The van der Waals surface area contributed by atoms with Gasteiger partial charge in [-0.3, -0.25) is 0 Å². The highest BCUT2D eigenvalue weighted by molar-refractivity contribution is 7.95. The lowest BCUT2D eigenvalue weighted by Crippen LogP contribution is -1.99. The maximum Gasteiger partial charge on any atom is 0.249 e. The van der Waals surface area contributed by atoms with E-state index in [9.17, 15) is 0 Å². The Labute approximate surface area is 57.8 Å². The highest BCUT2D eigenvalue weighted by atomic mass is 32.4. The van der Waals surface area contributed by atoms with E-state index in [2.05, 4.69) is 12.0 Å². The number of nitrogens with one attached hydrogen (secondary N) is 1. The molecule has 0 aliphatic rings. The molecule has 48 valence electrons. The van der Waals surface area contributed by atoms with Crippen LogP contribution in [-0.4, -0.2) is 6.54 Å². The second kappa shape index (κ2) is 7.48. The maximum atomic E-state index is 4.72. The Kier molecular flexibility index (Phi) is 7.93. The molecule has 0 bridgehead atoms. The van der Waals surface area contributed by atoms with Gasteiger partial charge in [0.1, 0.15) is 0 Å². The topological polar surface area (TPSA) is 12.0 Å². The van der Waals surface area contributed by atoms with Crippen LogP contribution in [0.5, 0.6) is 0 Å². The number of hydrogen-bond donors (Lipinski definition) is 1. The largest absolute Gasteiger partial charge is 0.249 e. The van der Waals surface area contributed by atoms with Gasteiger partial charge in [-0.1, -0.05) is 19.8 Å². The van der Waals surface area contributed by atoms with E-state index >= 15 is 0 Å². The van der Waals surface area contributed by atoms with Crippen molar-refractivity contribution in [1.82, 2.24) is 5.09 Å². The lowest BCUT2D eigenvalue weighted by Gasteiger charge is -1.89. The molecule has 0 fully saturated rings. The Morgan fingerprint density at radius 3 is 2.75 bits per heavy atom. The molecule has 1 atom stereocenters. The van der Waals surface area contributed by atoms with Gasteiger partial charge in [-0.05, 0) is 6.42 Å². The summed E-state index contributed by atoms with van der Waals surface area (Å²) in [5, 5.41) is 3.13. The first-order chi connectivity index (χ1) is 3.91. The molecule has 0 heterocycles. The van der Waals surface area contributed by atoms with Crippen molar-refractivity contribution in [2.75, 3.05) is 6.54 Å². The van der Waals surface area contributed by atoms with Crippen LogP contribution in [-0.2, 0) is 11.8 Å². The van der Waals surface area contributed by atoms with Gasteiger partial charge < -0.3 is 0 Å². The fourth-order valence-electron chi connectivity index (χ4n) is 0.514. The second-order valence-electron chi connectivity index (χ2n) is 1.74. The van der Waals surface area contributed by atoms with Crippen LogP contribution in [0.4, 0.5) is 0 Å². The number of unbranched alkanes of at least 4 members (excludes halogenated alkanes) is 2. The lowest BCUT2D eigenvalue weighted by atomic mass is 10.3. The van der Waals surface area contributed by atoms with Crippen LogP contribution in [0.25, 0.3) is 0 Å². The molecule has 1 nitrogen and oxygen atoms in total. The summed E-state index contributed by atoms with van der Waals surface area (Å²) in [4.78, 5) is 0. The summed E-state index contributed by atoms with van der Waals surface area (Å²) in [6, 6.07) is 0. The smallest absolute Gasteiger partial charge is 0.135 e. The third kappa shape index (κ3) is 6.48. The van der Waals surface area contributed by atoms with Crippen molar-refractivity contribution in [3.05, 3.63) is 0 Å². The average Bonchev–Trinajstić information content (AvgIpc) is 1.81. The van der Waals surface area contributed by atoms with Crippen molar-refractivity contribution < 1.29 is 0 Å². The van der Waals surface area contributed by atoms with E-state index < -0.39 is 0 Å². The Bertz CT molecular complexity index is 58.4. The zero-order valence-corrected chi connectivity index (χ0v) is 7.05. The summed E-state index contributed by atoms with van der Waals surface area (Å²) < 4.78 is 0. The van der Waals surface area contributed by atoms with Crippen LogP contribution in [0.2, 0.25) is 0 Å². The zero-order chi connectivity index (χ0) is 6.24. The molecule has 1 N–H and O–H groups in total. The fourth-order valence-corrected chi connectivity index (χ4v) is 1.10. The lowest BCUT2D eigenvalue weighted by molar-refractivity contribution is 0.709. The van der Waals surface area contributed by atoms with Gasteiger partial charge in [0, 0.05) is 6.54 Å². The highest BCUT2D eigenvalue weighted by Gasteiger charge is 1.85. The first-order valence-corrected chi connectivity index (χ1v) is 5.15. The van der Waals surface area contributed by atoms with Crippen molar-refractivity contribution in [1.29, 1.82) is 0 Å². The molecule has 8 heavy (non-hydrogen) atoms. The van der Waals surface area contributed by atoms with Gasteiger partial charge >= 0.3 is 0 Å². The summed E-state index contributed by atoms with van der Waals surface area (Å²) in [7, 11) is 0.502. The molecule has 0 aromatic heterocycles. The van der Waals surface area contributed by atoms with Crippen molar-refractivity contribution in [2.45, 2.75) is 26.2 Å². The van der Waals surface area contributed by atoms with Gasteiger partial charge in [-0.25, -0.2) is 0 Å². The minimum atomic E-state index is 0.502. The Morgan fingerprint density at radius 1 is 1.50 bits per heavy atom. The first-order valence-electron chi connectivity index (χ1n) is 3.01. The maximum absolute atomic E-state index is 4.72. The number of rotatable bonds is 5. The summed E-state index contributed by atoms with van der Waals surface area (Å²) in [5.74, 6) is 0. The molecule has 0 aliphatic heterocycles. The van der Waals surface area contributed by atoms with E-state index in [-0.39, 0.29) is 0 Å². The monoisotopic (exact) mass is 150 g/mol. The van der Waals surface area contributed by atoms with E-state index in [0.717, 1.165) is 6.54 Å². The average molecular weight is 150 g/mol. The van der Waals surface area contributed by atoms with Crippen molar-refractivity contribution in [3.63, 3.8) is 0 Å². The first kappa shape index (κ1) is 8.48. The van der Waals surface area contributed by atoms with Crippen molar-refractivity contribution >= 4 is 19.3 Å². The molecule has 0 saturated heterocycles. The minimum Gasteiger partial charge on any atom is -0.135 e. The molecule has 1 unspecified atom stereocenters. The molecular formula is C5H13NPS+. The molecule has 0 aromatic rings. The standard InChI is InChI=1S/C5H12NPS/c1-2-3-4-5-6-7-8/h2-5H2,1H3,(H,6,8)/p+1.